The average molecular weight is 252 g/mol. The summed E-state index contributed by atoms with van der Waals surface area (Å²) in [5.41, 5.74) is 1.16. The maximum Gasteiger partial charge on any atom is 0.261 e. The van der Waals surface area contributed by atoms with Crippen LogP contribution in [0, 0.1) is 5.92 Å². The van der Waals surface area contributed by atoms with Gasteiger partial charge >= 0.3 is 0 Å². The highest BCUT2D eigenvalue weighted by Crippen LogP contribution is 2.17. The van der Waals surface area contributed by atoms with Crippen molar-refractivity contribution in [1.82, 2.24) is 10.6 Å². The van der Waals surface area contributed by atoms with E-state index in [1.54, 1.807) is 11.3 Å². The fraction of sp³-hybridized carbons (Fsp3) is 0.615. The molecule has 1 aromatic rings. The van der Waals surface area contributed by atoms with Crippen molar-refractivity contribution in [2.45, 2.75) is 26.2 Å². The van der Waals surface area contributed by atoms with Crippen LogP contribution in [-0.4, -0.2) is 25.5 Å². The topological polar surface area (TPSA) is 41.1 Å². The lowest BCUT2D eigenvalue weighted by Crippen LogP contribution is -2.35. The van der Waals surface area contributed by atoms with Crippen molar-refractivity contribution >= 4 is 17.2 Å². The summed E-state index contributed by atoms with van der Waals surface area (Å²) in [5.74, 6) is 0.751. The molecule has 2 rings (SSSR count). The fourth-order valence-electron chi connectivity index (χ4n) is 2.22. The van der Waals surface area contributed by atoms with E-state index in [0.29, 0.717) is 5.92 Å². The highest BCUT2D eigenvalue weighted by atomic mass is 32.1. The van der Waals surface area contributed by atoms with Crippen LogP contribution in [0.3, 0.4) is 0 Å². The summed E-state index contributed by atoms with van der Waals surface area (Å²) in [5, 5.41) is 8.41. The van der Waals surface area contributed by atoms with Crippen LogP contribution in [-0.2, 0) is 6.42 Å². The van der Waals surface area contributed by atoms with Crippen molar-refractivity contribution in [2.75, 3.05) is 19.6 Å². The minimum Gasteiger partial charge on any atom is -0.351 e. The zero-order valence-corrected chi connectivity index (χ0v) is 11.1. The molecule has 94 valence electrons. The van der Waals surface area contributed by atoms with E-state index in [4.69, 9.17) is 0 Å². The lowest BCUT2D eigenvalue weighted by atomic mass is 9.98. The number of rotatable bonds is 4. The summed E-state index contributed by atoms with van der Waals surface area (Å²) in [6.07, 6.45) is 3.27. The average Bonchev–Trinajstić information content (AvgIpc) is 2.85. The van der Waals surface area contributed by atoms with Crippen LogP contribution in [0.15, 0.2) is 11.4 Å². The molecule has 3 nitrogen and oxygen atoms in total. The third-order valence-electron chi connectivity index (χ3n) is 3.34. The molecule has 1 aromatic heterocycles. The standard InChI is InChI=1S/C13H20N2OS/c1-2-11-5-8-17-12(11)13(16)15-9-10-3-6-14-7-4-10/h5,8,10,14H,2-4,6-7,9H2,1H3,(H,15,16). The number of aryl methyl sites for hydroxylation is 1. The normalized spacial score (nSPS) is 17.0. The minimum absolute atomic E-state index is 0.107. The monoisotopic (exact) mass is 252 g/mol. The Morgan fingerprint density at radius 1 is 1.53 bits per heavy atom. The second-order valence-electron chi connectivity index (χ2n) is 4.53. The van der Waals surface area contributed by atoms with Crippen molar-refractivity contribution in [3.63, 3.8) is 0 Å². The zero-order chi connectivity index (χ0) is 12.1. The lowest BCUT2D eigenvalue weighted by molar-refractivity contribution is 0.0947. The van der Waals surface area contributed by atoms with Crippen molar-refractivity contribution in [2.24, 2.45) is 5.92 Å². The first-order valence-corrected chi connectivity index (χ1v) is 7.24. The van der Waals surface area contributed by atoms with Crippen LogP contribution < -0.4 is 10.6 Å². The Balaban J connectivity index is 1.84. The van der Waals surface area contributed by atoms with Gasteiger partial charge in [0.05, 0.1) is 4.88 Å². The zero-order valence-electron chi connectivity index (χ0n) is 10.3. The SMILES string of the molecule is CCc1ccsc1C(=O)NCC1CCNCC1. The van der Waals surface area contributed by atoms with Gasteiger partial charge in [-0.2, -0.15) is 0 Å². The van der Waals surface area contributed by atoms with Crippen LogP contribution in [0.1, 0.15) is 35.0 Å². The molecule has 0 aromatic carbocycles. The van der Waals surface area contributed by atoms with Crippen LogP contribution in [0.2, 0.25) is 0 Å². The van der Waals surface area contributed by atoms with E-state index < -0.39 is 0 Å². The van der Waals surface area contributed by atoms with E-state index in [2.05, 4.69) is 17.6 Å². The van der Waals surface area contributed by atoms with Gasteiger partial charge in [0, 0.05) is 6.54 Å². The smallest absolute Gasteiger partial charge is 0.261 e. The van der Waals surface area contributed by atoms with Gasteiger partial charge < -0.3 is 10.6 Å². The van der Waals surface area contributed by atoms with Gasteiger partial charge in [0.2, 0.25) is 0 Å². The first kappa shape index (κ1) is 12.6. The molecule has 0 unspecified atom stereocenters. The molecule has 0 saturated carbocycles. The Morgan fingerprint density at radius 3 is 3.00 bits per heavy atom. The molecule has 0 aliphatic carbocycles. The van der Waals surface area contributed by atoms with Gasteiger partial charge in [-0.15, -0.1) is 11.3 Å². The summed E-state index contributed by atoms with van der Waals surface area (Å²) >= 11 is 1.54. The Labute approximate surface area is 107 Å². The van der Waals surface area contributed by atoms with Gasteiger partial charge in [0.1, 0.15) is 0 Å². The molecule has 2 N–H and O–H groups in total. The molecule has 4 heteroatoms. The van der Waals surface area contributed by atoms with Crippen molar-refractivity contribution in [3.05, 3.63) is 21.9 Å². The molecule has 2 heterocycles. The molecule has 17 heavy (non-hydrogen) atoms. The van der Waals surface area contributed by atoms with Gasteiger partial charge in [-0.25, -0.2) is 0 Å². The van der Waals surface area contributed by atoms with Gasteiger partial charge in [0.15, 0.2) is 0 Å². The predicted octanol–water partition coefficient (Wildman–Crippen LogP) is 2.04. The van der Waals surface area contributed by atoms with Crippen molar-refractivity contribution in [1.29, 1.82) is 0 Å². The molecule has 0 atom stereocenters. The van der Waals surface area contributed by atoms with E-state index in [1.165, 1.54) is 12.8 Å². The Morgan fingerprint density at radius 2 is 2.29 bits per heavy atom. The number of amides is 1. The summed E-state index contributed by atoms with van der Waals surface area (Å²) < 4.78 is 0. The van der Waals surface area contributed by atoms with Gasteiger partial charge in [-0.1, -0.05) is 6.92 Å². The Hall–Kier alpha value is -0.870. The summed E-state index contributed by atoms with van der Waals surface area (Å²) in [7, 11) is 0. The van der Waals surface area contributed by atoms with Crippen LogP contribution >= 0.6 is 11.3 Å². The molecule has 1 aliphatic rings. The summed E-state index contributed by atoms with van der Waals surface area (Å²) in [6, 6.07) is 2.05. The van der Waals surface area contributed by atoms with Crippen LogP contribution in [0.4, 0.5) is 0 Å². The molecule has 1 aliphatic heterocycles. The quantitative estimate of drug-likeness (QED) is 0.861. The second-order valence-corrected chi connectivity index (χ2v) is 5.45. The fourth-order valence-corrected chi connectivity index (χ4v) is 3.13. The molecular weight excluding hydrogens is 232 g/mol. The van der Waals surface area contributed by atoms with E-state index in [9.17, 15) is 4.79 Å². The molecule has 1 saturated heterocycles. The summed E-state index contributed by atoms with van der Waals surface area (Å²) in [6.45, 7) is 5.08. The summed E-state index contributed by atoms with van der Waals surface area (Å²) in [4.78, 5) is 12.9. The predicted molar refractivity (Wildman–Crippen MR) is 71.6 cm³/mol. The number of thiophene rings is 1. The molecule has 0 radical (unpaired) electrons. The van der Waals surface area contributed by atoms with E-state index in [0.717, 1.165) is 36.5 Å². The number of hydrogen-bond donors (Lipinski definition) is 2. The molecule has 1 fully saturated rings. The largest absolute Gasteiger partial charge is 0.351 e. The maximum atomic E-state index is 12.0. The van der Waals surface area contributed by atoms with Crippen molar-refractivity contribution in [3.8, 4) is 0 Å². The molecule has 0 bridgehead atoms. The number of hydrogen-bond acceptors (Lipinski definition) is 3. The molecule has 1 amide bonds. The third-order valence-corrected chi connectivity index (χ3v) is 4.30. The highest BCUT2D eigenvalue weighted by molar-refractivity contribution is 7.12. The Bertz CT molecular complexity index is 369. The van der Waals surface area contributed by atoms with E-state index >= 15 is 0 Å². The number of piperidine rings is 1. The number of carbonyl (C=O) groups is 1. The second kappa shape index (κ2) is 6.17. The Kier molecular flexibility index (Phi) is 4.57. The van der Waals surface area contributed by atoms with Crippen LogP contribution in [0.5, 0.6) is 0 Å². The molecule has 0 spiro atoms. The van der Waals surface area contributed by atoms with Gasteiger partial charge in [-0.3, -0.25) is 4.79 Å². The first-order valence-electron chi connectivity index (χ1n) is 6.36. The maximum absolute atomic E-state index is 12.0. The number of carbonyl (C=O) groups excluding carboxylic acids is 1. The van der Waals surface area contributed by atoms with E-state index in [1.807, 2.05) is 11.4 Å². The van der Waals surface area contributed by atoms with Gasteiger partial charge in [-0.05, 0) is 55.3 Å². The lowest BCUT2D eigenvalue weighted by Gasteiger charge is -2.22. The van der Waals surface area contributed by atoms with Gasteiger partial charge in [0.25, 0.3) is 5.91 Å². The van der Waals surface area contributed by atoms with E-state index in [-0.39, 0.29) is 5.91 Å². The first-order chi connectivity index (χ1) is 8.31. The number of nitrogens with one attached hydrogen (secondary N) is 2. The third kappa shape index (κ3) is 3.30. The molecular formula is C13H20N2OS. The van der Waals surface area contributed by atoms with Crippen LogP contribution in [0.25, 0.3) is 0 Å². The minimum atomic E-state index is 0.107. The van der Waals surface area contributed by atoms with Crippen molar-refractivity contribution < 1.29 is 4.79 Å². The highest BCUT2D eigenvalue weighted by Gasteiger charge is 2.16.